The maximum Gasteiger partial charge on any atom is 0.233 e. The van der Waals surface area contributed by atoms with Crippen LogP contribution in [-0.2, 0) is 4.79 Å². The summed E-state index contributed by atoms with van der Waals surface area (Å²) in [6.07, 6.45) is 3.57. The van der Waals surface area contributed by atoms with E-state index in [1.807, 2.05) is 35.4 Å². The van der Waals surface area contributed by atoms with E-state index in [-0.39, 0.29) is 17.7 Å². The molecule has 0 saturated carbocycles. The Morgan fingerprint density at radius 1 is 1.35 bits per heavy atom. The third kappa shape index (κ3) is 4.03. The van der Waals surface area contributed by atoms with Gasteiger partial charge < -0.3 is 15.3 Å². The van der Waals surface area contributed by atoms with Crippen molar-refractivity contribution >= 4 is 17.7 Å². The molecule has 0 spiro atoms. The minimum Gasteiger partial charge on any atom is -0.508 e. The number of amides is 1. The van der Waals surface area contributed by atoms with Crippen LogP contribution in [-0.4, -0.2) is 46.3 Å². The topological polar surface area (TPSA) is 65.5 Å². The Morgan fingerprint density at radius 3 is 2.91 bits per heavy atom. The van der Waals surface area contributed by atoms with Crippen LogP contribution >= 0.6 is 11.8 Å². The number of phenols is 1. The van der Waals surface area contributed by atoms with Crippen LogP contribution in [0.1, 0.15) is 11.6 Å². The number of nitrogens with one attached hydrogen (secondary N) is 1. The van der Waals surface area contributed by atoms with Crippen molar-refractivity contribution in [3.63, 3.8) is 0 Å². The monoisotopic (exact) mass is 329 g/mol. The highest BCUT2D eigenvalue weighted by atomic mass is 32.2. The molecule has 3 rings (SSSR count). The number of pyridine rings is 1. The number of phenolic OH excluding ortho intramolecular Hbond substituents is 1. The normalized spacial score (nSPS) is 17.9. The van der Waals surface area contributed by atoms with Crippen molar-refractivity contribution < 1.29 is 9.90 Å². The number of nitrogens with zero attached hydrogens (tertiary/aromatic N) is 2. The molecule has 1 amide bonds. The van der Waals surface area contributed by atoms with Gasteiger partial charge in [0.1, 0.15) is 5.75 Å². The van der Waals surface area contributed by atoms with Crippen molar-refractivity contribution in [1.82, 2.24) is 15.2 Å². The summed E-state index contributed by atoms with van der Waals surface area (Å²) < 4.78 is 0. The summed E-state index contributed by atoms with van der Waals surface area (Å²) in [5.74, 6) is 0.750. The van der Waals surface area contributed by atoms with E-state index in [1.54, 1.807) is 18.3 Å². The Morgan fingerprint density at radius 2 is 2.17 bits per heavy atom. The fourth-order valence-corrected chi connectivity index (χ4v) is 3.43. The summed E-state index contributed by atoms with van der Waals surface area (Å²) in [5.41, 5.74) is 1.06. The second-order valence-corrected chi connectivity index (χ2v) is 6.42. The standard InChI is InChI=1S/C17H19N3O2S/c21-14-3-5-15(6-4-14)23-12-17(22)20-9-8-19-11-16(20)13-2-1-7-18-10-13/h1-7,10,16,19,21H,8-9,11-12H2. The zero-order valence-corrected chi connectivity index (χ0v) is 13.5. The first-order valence-corrected chi connectivity index (χ1v) is 8.54. The number of aromatic hydroxyl groups is 1. The second-order valence-electron chi connectivity index (χ2n) is 5.38. The van der Waals surface area contributed by atoms with Crippen molar-refractivity contribution in [3.8, 4) is 5.75 Å². The van der Waals surface area contributed by atoms with Gasteiger partial charge in [-0.1, -0.05) is 6.07 Å². The van der Waals surface area contributed by atoms with Gasteiger partial charge in [-0.2, -0.15) is 0 Å². The predicted molar refractivity (Wildman–Crippen MR) is 90.4 cm³/mol. The summed E-state index contributed by atoms with van der Waals surface area (Å²) in [7, 11) is 0. The molecule has 1 aliphatic rings. The second kappa shape index (κ2) is 7.48. The van der Waals surface area contributed by atoms with E-state index in [4.69, 9.17) is 0 Å². The summed E-state index contributed by atoms with van der Waals surface area (Å²) in [5, 5.41) is 12.6. The first-order valence-electron chi connectivity index (χ1n) is 7.56. The van der Waals surface area contributed by atoms with Gasteiger partial charge in [0.15, 0.2) is 0 Å². The van der Waals surface area contributed by atoms with E-state index in [0.29, 0.717) is 12.3 Å². The minimum absolute atomic E-state index is 0.0327. The number of carbonyl (C=O) groups is 1. The minimum atomic E-state index is 0.0327. The number of carbonyl (C=O) groups excluding carboxylic acids is 1. The lowest BCUT2D eigenvalue weighted by atomic mass is 10.1. The molecular weight excluding hydrogens is 310 g/mol. The fraction of sp³-hybridized carbons (Fsp3) is 0.294. The van der Waals surface area contributed by atoms with Crippen molar-refractivity contribution in [2.75, 3.05) is 25.4 Å². The van der Waals surface area contributed by atoms with Crippen LogP contribution in [0.5, 0.6) is 5.75 Å². The Kier molecular flexibility index (Phi) is 5.15. The molecule has 1 aliphatic heterocycles. The fourth-order valence-electron chi connectivity index (χ4n) is 2.64. The third-order valence-electron chi connectivity index (χ3n) is 3.83. The van der Waals surface area contributed by atoms with Crippen LogP contribution in [0, 0.1) is 0 Å². The molecule has 0 bridgehead atoms. The highest BCUT2D eigenvalue weighted by Gasteiger charge is 2.27. The lowest BCUT2D eigenvalue weighted by molar-refractivity contribution is -0.131. The molecule has 1 atom stereocenters. The molecule has 0 aliphatic carbocycles. The molecule has 0 radical (unpaired) electrons. The van der Waals surface area contributed by atoms with Crippen LogP contribution in [0.4, 0.5) is 0 Å². The van der Waals surface area contributed by atoms with Crippen molar-refractivity contribution in [2.45, 2.75) is 10.9 Å². The Labute approximate surface area is 139 Å². The summed E-state index contributed by atoms with van der Waals surface area (Å²) in [6.45, 7) is 2.27. The van der Waals surface area contributed by atoms with Gasteiger partial charge in [0.25, 0.3) is 0 Å². The molecule has 6 heteroatoms. The highest BCUT2D eigenvalue weighted by Crippen LogP contribution is 2.25. The van der Waals surface area contributed by atoms with Gasteiger partial charge in [0, 0.05) is 36.9 Å². The number of piperazine rings is 1. The van der Waals surface area contributed by atoms with Gasteiger partial charge in [0.05, 0.1) is 11.8 Å². The van der Waals surface area contributed by atoms with E-state index in [9.17, 15) is 9.90 Å². The molecule has 1 aromatic carbocycles. The predicted octanol–water partition coefficient (Wildman–Crippen LogP) is 2.05. The molecule has 5 nitrogen and oxygen atoms in total. The van der Waals surface area contributed by atoms with Gasteiger partial charge in [-0.25, -0.2) is 0 Å². The number of benzene rings is 1. The Balaban J connectivity index is 1.65. The number of thioether (sulfide) groups is 1. The van der Waals surface area contributed by atoms with Crippen molar-refractivity contribution in [3.05, 3.63) is 54.4 Å². The summed E-state index contributed by atoms with van der Waals surface area (Å²) in [6, 6.07) is 10.9. The van der Waals surface area contributed by atoms with Gasteiger partial charge in [-0.3, -0.25) is 9.78 Å². The van der Waals surface area contributed by atoms with Crippen LogP contribution in [0.3, 0.4) is 0 Å². The van der Waals surface area contributed by atoms with Gasteiger partial charge in [-0.05, 0) is 35.9 Å². The molecule has 120 valence electrons. The lowest BCUT2D eigenvalue weighted by Gasteiger charge is -2.36. The van der Waals surface area contributed by atoms with E-state index in [2.05, 4.69) is 10.3 Å². The first kappa shape index (κ1) is 15.8. The van der Waals surface area contributed by atoms with Crippen LogP contribution < -0.4 is 5.32 Å². The van der Waals surface area contributed by atoms with E-state index < -0.39 is 0 Å². The number of aromatic nitrogens is 1. The van der Waals surface area contributed by atoms with Crippen molar-refractivity contribution in [1.29, 1.82) is 0 Å². The van der Waals surface area contributed by atoms with Crippen molar-refractivity contribution in [2.24, 2.45) is 0 Å². The molecule has 23 heavy (non-hydrogen) atoms. The average molecular weight is 329 g/mol. The largest absolute Gasteiger partial charge is 0.508 e. The van der Waals surface area contributed by atoms with Gasteiger partial charge >= 0.3 is 0 Å². The Hall–Kier alpha value is -2.05. The van der Waals surface area contributed by atoms with E-state index >= 15 is 0 Å². The van der Waals surface area contributed by atoms with Crippen LogP contribution in [0.15, 0.2) is 53.7 Å². The summed E-state index contributed by atoms with van der Waals surface area (Å²) in [4.78, 5) is 19.7. The molecule has 1 unspecified atom stereocenters. The highest BCUT2D eigenvalue weighted by molar-refractivity contribution is 8.00. The number of hydrogen-bond donors (Lipinski definition) is 2. The van der Waals surface area contributed by atoms with Gasteiger partial charge in [0.2, 0.25) is 5.91 Å². The zero-order valence-electron chi connectivity index (χ0n) is 12.7. The van der Waals surface area contributed by atoms with Crippen LogP contribution in [0.25, 0.3) is 0 Å². The number of rotatable bonds is 4. The third-order valence-corrected chi connectivity index (χ3v) is 4.83. The van der Waals surface area contributed by atoms with E-state index in [0.717, 1.165) is 23.5 Å². The molecular formula is C17H19N3O2S. The quantitative estimate of drug-likeness (QED) is 0.841. The van der Waals surface area contributed by atoms with E-state index in [1.165, 1.54) is 11.8 Å². The average Bonchev–Trinajstić information content (AvgIpc) is 2.62. The molecule has 1 aromatic heterocycles. The Bertz CT molecular complexity index is 649. The molecule has 1 saturated heterocycles. The molecule has 1 fully saturated rings. The maximum atomic E-state index is 12.6. The molecule has 2 N–H and O–H groups in total. The molecule has 2 aromatic rings. The number of hydrogen-bond acceptors (Lipinski definition) is 5. The smallest absolute Gasteiger partial charge is 0.233 e. The first-order chi connectivity index (χ1) is 11.2. The maximum absolute atomic E-state index is 12.6. The summed E-state index contributed by atoms with van der Waals surface area (Å²) >= 11 is 1.49. The lowest BCUT2D eigenvalue weighted by Crippen LogP contribution is -2.49. The van der Waals surface area contributed by atoms with Crippen LogP contribution in [0.2, 0.25) is 0 Å². The van der Waals surface area contributed by atoms with Gasteiger partial charge in [-0.15, -0.1) is 11.8 Å². The zero-order chi connectivity index (χ0) is 16.1. The SMILES string of the molecule is O=C(CSc1ccc(O)cc1)N1CCNCC1c1cccnc1. The molecule has 2 heterocycles.